The quantitative estimate of drug-likeness (QED) is 0.183. The zero-order valence-electron chi connectivity index (χ0n) is 16.7. The van der Waals surface area contributed by atoms with E-state index >= 15 is 0 Å². The van der Waals surface area contributed by atoms with Gasteiger partial charge in [-0.25, -0.2) is 4.79 Å². The fourth-order valence-corrected chi connectivity index (χ4v) is 4.66. The van der Waals surface area contributed by atoms with Gasteiger partial charge in [0.05, 0.1) is 12.2 Å². The van der Waals surface area contributed by atoms with Gasteiger partial charge >= 0.3 is 5.97 Å². The molecule has 0 unspecified atom stereocenters. The summed E-state index contributed by atoms with van der Waals surface area (Å²) in [6.07, 6.45) is -1.14. The molecule has 1 amide bonds. The molecule has 2 N–H and O–H groups in total. The number of hydrogen-bond donors (Lipinski definition) is 2. The fourth-order valence-electron chi connectivity index (χ4n) is 2.89. The van der Waals surface area contributed by atoms with Gasteiger partial charge in [0.15, 0.2) is 0 Å². The Bertz CT molecular complexity index is 1100. The van der Waals surface area contributed by atoms with E-state index < -0.39 is 21.8 Å². The van der Waals surface area contributed by atoms with Crippen molar-refractivity contribution in [1.82, 2.24) is 5.32 Å². The molecule has 0 aliphatic heterocycles. The molecule has 1 aromatic heterocycles. The first-order valence-electron chi connectivity index (χ1n) is 9.45. The number of carbonyl (C=O) groups is 2. The second-order valence-electron chi connectivity index (χ2n) is 6.51. The Morgan fingerprint density at radius 2 is 1.75 bits per heavy atom. The standard InChI is InChI=1S/C22H18BrCl3N2O3S/c1-2-31-20(30)17-15(13-8-4-3-5-9-13)12-32-19(17)28-21(22(24,25)26)27-18(29)14-10-6-7-11-16(14)23/h3-12,21,28H,2H2,1H3,(H,27,29)/t21-/m0/s1. The topological polar surface area (TPSA) is 67.4 Å². The molecule has 32 heavy (non-hydrogen) atoms. The number of alkyl halides is 3. The second-order valence-corrected chi connectivity index (χ2v) is 10.6. The maximum Gasteiger partial charge on any atom is 0.341 e. The predicted molar refractivity (Wildman–Crippen MR) is 135 cm³/mol. The first-order chi connectivity index (χ1) is 15.2. The molecule has 0 saturated heterocycles. The summed E-state index contributed by atoms with van der Waals surface area (Å²) in [5, 5.41) is 7.92. The van der Waals surface area contributed by atoms with E-state index in [4.69, 9.17) is 39.5 Å². The Labute approximate surface area is 213 Å². The zero-order chi connectivity index (χ0) is 23.3. The van der Waals surface area contributed by atoms with Crippen LogP contribution < -0.4 is 10.6 Å². The van der Waals surface area contributed by atoms with Gasteiger partial charge in [-0.3, -0.25) is 4.79 Å². The Balaban J connectivity index is 1.96. The third-order valence-corrected chi connectivity index (χ3v) is 6.61. The van der Waals surface area contributed by atoms with Crippen molar-refractivity contribution in [3.8, 4) is 11.1 Å². The number of rotatable bonds is 7. The van der Waals surface area contributed by atoms with Crippen LogP contribution in [0.1, 0.15) is 27.6 Å². The number of benzene rings is 2. The van der Waals surface area contributed by atoms with Gasteiger partial charge in [-0.15, -0.1) is 11.3 Å². The predicted octanol–water partition coefficient (Wildman–Crippen LogP) is 6.89. The fraction of sp³-hybridized carbons (Fsp3) is 0.182. The minimum absolute atomic E-state index is 0.203. The molecule has 3 aromatic rings. The number of esters is 1. The summed E-state index contributed by atoms with van der Waals surface area (Å²) in [6, 6.07) is 16.3. The second kappa shape index (κ2) is 10.9. The Morgan fingerprint density at radius 3 is 2.38 bits per heavy atom. The SMILES string of the molecule is CCOC(=O)c1c(-c2ccccc2)csc1N[C@H](NC(=O)c1ccccc1Br)C(Cl)(Cl)Cl. The van der Waals surface area contributed by atoms with E-state index in [-0.39, 0.29) is 6.61 Å². The Kier molecular flexibility index (Phi) is 8.47. The lowest BCUT2D eigenvalue weighted by Crippen LogP contribution is -2.49. The van der Waals surface area contributed by atoms with Crippen LogP contribution in [-0.4, -0.2) is 28.4 Å². The normalized spacial score (nSPS) is 12.2. The van der Waals surface area contributed by atoms with Crippen LogP contribution in [-0.2, 0) is 4.74 Å². The summed E-state index contributed by atoms with van der Waals surface area (Å²) in [7, 11) is 0. The van der Waals surface area contributed by atoms with Gasteiger partial charge < -0.3 is 15.4 Å². The van der Waals surface area contributed by atoms with E-state index in [1.54, 1.807) is 31.2 Å². The molecule has 3 rings (SSSR count). The number of thiophene rings is 1. The van der Waals surface area contributed by atoms with E-state index in [9.17, 15) is 9.59 Å². The molecule has 0 aliphatic carbocycles. The number of halogens is 4. The van der Waals surface area contributed by atoms with Gasteiger partial charge in [-0.1, -0.05) is 77.3 Å². The third-order valence-electron chi connectivity index (χ3n) is 4.35. The first-order valence-corrected chi connectivity index (χ1v) is 12.3. The zero-order valence-corrected chi connectivity index (χ0v) is 21.4. The van der Waals surface area contributed by atoms with Crippen molar-refractivity contribution in [2.75, 3.05) is 11.9 Å². The molecule has 2 aromatic carbocycles. The monoisotopic (exact) mass is 574 g/mol. The van der Waals surface area contributed by atoms with Crippen molar-refractivity contribution in [3.05, 3.63) is 75.6 Å². The highest BCUT2D eigenvalue weighted by Gasteiger charge is 2.36. The first kappa shape index (κ1) is 24.9. The molecule has 0 saturated carbocycles. The number of nitrogens with one attached hydrogen (secondary N) is 2. The third kappa shape index (κ3) is 5.97. The van der Waals surface area contributed by atoms with Gasteiger partial charge in [0.1, 0.15) is 16.7 Å². The number of anilines is 1. The maximum absolute atomic E-state index is 12.8. The van der Waals surface area contributed by atoms with Crippen molar-refractivity contribution in [3.63, 3.8) is 0 Å². The van der Waals surface area contributed by atoms with Crippen molar-refractivity contribution in [1.29, 1.82) is 0 Å². The molecule has 0 bridgehead atoms. The van der Waals surface area contributed by atoms with Crippen LogP contribution in [0.5, 0.6) is 0 Å². The molecule has 1 heterocycles. The summed E-state index contributed by atoms with van der Waals surface area (Å²) >= 11 is 23.1. The average molecular weight is 577 g/mol. The van der Waals surface area contributed by atoms with E-state index in [0.717, 1.165) is 5.56 Å². The van der Waals surface area contributed by atoms with Crippen molar-refractivity contribution >= 4 is 78.9 Å². The lowest BCUT2D eigenvalue weighted by molar-refractivity contribution is 0.0529. The summed E-state index contributed by atoms with van der Waals surface area (Å²) in [4.78, 5) is 25.6. The van der Waals surface area contributed by atoms with Crippen LogP contribution in [0.2, 0.25) is 0 Å². The molecule has 0 radical (unpaired) electrons. The number of hydrogen-bond acceptors (Lipinski definition) is 5. The molecule has 0 spiro atoms. The smallest absolute Gasteiger partial charge is 0.341 e. The summed E-state index contributed by atoms with van der Waals surface area (Å²) < 4.78 is 3.93. The van der Waals surface area contributed by atoms with Crippen LogP contribution in [0.3, 0.4) is 0 Å². The van der Waals surface area contributed by atoms with Crippen LogP contribution >= 0.6 is 62.1 Å². The molecule has 0 fully saturated rings. The van der Waals surface area contributed by atoms with E-state index in [1.807, 2.05) is 35.7 Å². The molecular formula is C22H18BrCl3N2O3S. The number of carbonyl (C=O) groups excluding carboxylic acids is 2. The molecule has 5 nitrogen and oxygen atoms in total. The van der Waals surface area contributed by atoms with Gasteiger partial charge in [0.25, 0.3) is 5.91 Å². The molecule has 168 valence electrons. The van der Waals surface area contributed by atoms with E-state index in [2.05, 4.69) is 26.6 Å². The van der Waals surface area contributed by atoms with Gasteiger partial charge in [0, 0.05) is 15.4 Å². The summed E-state index contributed by atoms with van der Waals surface area (Å²) in [6.45, 7) is 1.93. The Hall–Kier alpha value is -1.77. The lowest BCUT2D eigenvalue weighted by Gasteiger charge is -2.27. The molecule has 1 atom stereocenters. The summed E-state index contributed by atoms with van der Waals surface area (Å²) in [5.41, 5.74) is 2.19. The van der Waals surface area contributed by atoms with Crippen LogP contribution in [0.15, 0.2) is 64.5 Å². The van der Waals surface area contributed by atoms with Gasteiger partial charge in [-0.05, 0) is 40.5 Å². The average Bonchev–Trinajstić information content (AvgIpc) is 3.17. The number of ether oxygens (including phenoxy) is 1. The van der Waals surface area contributed by atoms with Crippen molar-refractivity contribution in [2.45, 2.75) is 16.9 Å². The minimum Gasteiger partial charge on any atom is -0.462 e. The van der Waals surface area contributed by atoms with Crippen LogP contribution in [0.25, 0.3) is 11.1 Å². The largest absolute Gasteiger partial charge is 0.462 e. The summed E-state index contributed by atoms with van der Waals surface area (Å²) in [5.74, 6) is -0.978. The maximum atomic E-state index is 12.8. The highest BCUT2D eigenvalue weighted by atomic mass is 79.9. The van der Waals surface area contributed by atoms with E-state index in [0.29, 0.717) is 26.2 Å². The van der Waals surface area contributed by atoms with Gasteiger partial charge in [-0.2, -0.15) is 0 Å². The molecule has 10 heteroatoms. The van der Waals surface area contributed by atoms with Crippen LogP contribution in [0.4, 0.5) is 5.00 Å². The Morgan fingerprint density at radius 1 is 1.09 bits per heavy atom. The minimum atomic E-state index is -1.92. The highest BCUT2D eigenvalue weighted by molar-refractivity contribution is 9.10. The van der Waals surface area contributed by atoms with Gasteiger partial charge in [0.2, 0.25) is 3.79 Å². The van der Waals surface area contributed by atoms with E-state index in [1.165, 1.54) is 11.3 Å². The van der Waals surface area contributed by atoms with Crippen LogP contribution in [0, 0.1) is 0 Å². The highest BCUT2D eigenvalue weighted by Crippen LogP contribution is 2.39. The van der Waals surface area contributed by atoms with Crippen molar-refractivity contribution < 1.29 is 14.3 Å². The number of amides is 1. The molecule has 0 aliphatic rings. The molecular weight excluding hydrogens is 559 g/mol. The lowest BCUT2D eigenvalue weighted by atomic mass is 10.0. The van der Waals surface area contributed by atoms with Crippen molar-refractivity contribution in [2.24, 2.45) is 0 Å².